The fourth-order valence-electron chi connectivity index (χ4n) is 3.98. The molecule has 162 valence electrons. The van der Waals surface area contributed by atoms with Crippen LogP contribution >= 0.6 is 0 Å². The van der Waals surface area contributed by atoms with Crippen molar-refractivity contribution in [2.45, 2.75) is 20.1 Å². The Bertz CT molecular complexity index is 1560. The summed E-state index contributed by atoms with van der Waals surface area (Å²) in [5.74, 6) is 1.80. The van der Waals surface area contributed by atoms with Crippen LogP contribution in [0.2, 0.25) is 0 Å². The van der Waals surface area contributed by atoms with Gasteiger partial charge in [0.15, 0.2) is 17.0 Å². The van der Waals surface area contributed by atoms with Gasteiger partial charge in [0.2, 0.25) is 5.78 Å². The Morgan fingerprint density at radius 3 is 2.31 bits per heavy atom. The van der Waals surface area contributed by atoms with Gasteiger partial charge < -0.3 is 9.30 Å². The lowest BCUT2D eigenvalue weighted by Gasteiger charge is -2.08. The normalized spacial score (nSPS) is 11.5. The molecule has 0 N–H and O–H groups in total. The topological polar surface area (TPSA) is 88.4 Å². The van der Waals surface area contributed by atoms with Gasteiger partial charge in [0.1, 0.15) is 12.4 Å². The van der Waals surface area contributed by atoms with E-state index in [1.54, 1.807) is 16.0 Å². The summed E-state index contributed by atoms with van der Waals surface area (Å²) < 4.78 is 12.0. The van der Waals surface area contributed by atoms with Gasteiger partial charge in [-0.3, -0.25) is 13.9 Å². The molecule has 0 atom stereocenters. The Morgan fingerprint density at radius 1 is 0.906 bits per heavy atom. The van der Waals surface area contributed by atoms with Crippen molar-refractivity contribution in [3.05, 3.63) is 81.0 Å². The van der Waals surface area contributed by atoms with Crippen LogP contribution in [-0.2, 0) is 27.2 Å². The predicted molar refractivity (Wildman–Crippen MR) is 121 cm³/mol. The summed E-state index contributed by atoms with van der Waals surface area (Å²) in [5.41, 5.74) is 2.02. The first kappa shape index (κ1) is 19.8. The fourth-order valence-corrected chi connectivity index (χ4v) is 3.98. The van der Waals surface area contributed by atoms with E-state index >= 15 is 0 Å². The van der Waals surface area contributed by atoms with Crippen molar-refractivity contribution in [2.75, 3.05) is 0 Å². The van der Waals surface area contributed by atoms with E-state index in [4.69, 9.17) is 4.74 Å². The molecule has 0 aliphatic rings. The number of hydrogen-bond acceptors (Lipinski definition) is 5. The Hall–Kier alpha value is -4.14. The summed E-state index contributed by atoms with van der Waals surface area (Å²) >= 11 is 0. The van der Waals surface area contributed by atoms with Crippen molar-refractivity contribution < 1.29 is 4.74 Å². The maximum atomic E-state index is 12.9. The van der Waals surface area contributed by atoms with Gasteiger partial charge >= 0.3 is 5.69 Å². The Morgan fingerprint density at radius 2 is 1.62 bits per heavy atom. The van der Waals surface area contributed by atoms with Crippen molar-refractivity contribution in [3.8, 4) is 17.1 Å². The molecule has 0 spiro atoms. The van der Waals surface area contributed by atoms with Gasteiger partial charge in [0.25, 0.3) is 5.56 Å². The lowest BCUT2D eigenvalue weighted by molar-refractivity contribution is 0.306. The van der Waals surface area contributed by atoms with Crippen LogP contribution in [0.4, 0.5) is 0 Å². The molecule has 3 heterocycles. The number of fused-ring (bicyclic) bond motifs is 3. The zero-order chi connectivity index (χ0) is 22.4. The summed E-state index contributed by atoms with van der Waals surface area (Å²) in [6, 6.07) is 17.5. The summed E-state index contributed by atoms with van der Waals surface area (Å²) in [4.78, 5) is 25.5. The van der Waals surface area contributed by atoms with E-state index in [9.17, 15) is 9.59 Å². The monoisotopic (exact) mass is 430 g/mol. The lowest BCUT2D eigenvalue weighted by Crippen LogP contribution is -2.37. The molecule has 2 aromatic carbocycles. The second-order valence-corrected chi connectivity index (χ2v) is 7.58. The molecule has 0 unspecified atom stereocenters. The smallest absolute Gasteiger partial charge is 0.332 e. The maximum absolute atomic E-state index is 12.9. The molecule has 9 heteroatoms. The molecule has 3 aromatic heterocycles. The standard InChI is InChI=1S/C23H22N6O3/c1-4-28-18-20(26(2)23(31)27(3)21(18)30)29-19(24-25-22(28)29)16-10-12-17(13-11-16)32-14-15-8-6-5-7-9-15/h5-13H,4,14H2,1-3H3. The van der Waals surface area contributed by atoms with Gasteiger partial charge in [0, 0.05) is 26.2 Å². The van der Waals surface area contributed by atoms with Gasteiger partial charge in [-0.25, -0.2) is 9.20 Å². The average molecular weight is 430 g/mol. The number of rotatable bonds is 5. The number of benzene rings is 2. The lowest BCUT2D eigenvalue weighted by atomic mass is 10.2. The van der Waals surface area contributed by atoms with Crippen molar-refractivity contribution >= 4 is 16.9 Å². The molecular weight excluding hydrogens is 408 g/mol. The van der Waals surface area contributed by atoms with Gasteiger partial charge in [-0.05, 0) is 36.8 Å². The molecule has 0 saturated heterocycles. The number of ether oxygens (including phenoxy) is 1. The van der Waals surface area contributed by atoms with Crippen molar-refractivity contribution in [1.29, 1.82) is 0 Å². The summed E-state index contributed by atoms with van der Waals surface area (Å²) in [5, 5.41) is 8.68. The summed E-state index contributed by atoms with van der Waals surface area (Å²) in [7, 11) is 3.13. The predicted octanol–water partition coefficient (Wildman–Crippen LogP) is 2.35. The van der Waals surface area contributed by atoms with E-state index in [0.717, 1.165) is 21.4 Å². The molecule has 0 aliphatic carbocycles. The fraction of sp³-hybridized carbons (Fsp3) is 0.217. The van der Waals surface area contributed by atoms with Crippen LogP contribution < -0.4 is 16.0 Å². The van der Waals surface area contributed by atoms with E-state index in [2.05, 4.69) is 10.2 Å². The quantitative estimate of drug-likeness (QED) is 0.427. The third-order valence-corrected chi connectivity index (χ3v) is 5.66. The van der Waals surface area contributed by atoms with Crippen molar-refractivity contribution in [3.63, 3.8) is 0 Å². The molecule has 0 aliphatic heterocycles. The first-order valence-corrected chi connectivity index (χ1v) is 10.3. The van der Waals surface area contributed by atoms with Crippen LogP contribution in [0.25, 0.3) is 28.3 Å². The minimum Gasteiger partial charge on any atom is -0.489 e. The van der Waals surface area contributed by atoms with E-state index in [1.807, 2.05) is 61.5 Å². The molecule has 0 bridgehead atoms. The van der Waals surface area contributed by atoms with Gasteiger partial charge in [0.05, 0.1) is 0 Å². The maximum Gasteiger partial charge on any atom is 0.332 e. The van der Waals surface area contributed by atoms with Gasteiger partial charge in [-0.15, -0.1) is 10.2 Å². The minimum absolute atomic E-state index is 0.356. The number of hydrogen-bond donors (Lipinski definition) is 0. The highest BCUT2D eigenvalue weighted by atomic mass is 16.5. The zero-order valence-electron chi connectivity index (χ0n) is 18.0. The highest BCUT2D eigenvalue weighted by molar-refractivity contribution is 5.79. The number of aromatic nitrogens is 6. The molecular formula is C23H22N6O3. The molecule has 32 heavy (non-hydrogen) atoms. The average Bonchev–Trinajstić information content (AvgIpc) is 3.39. The molecule has 0 amide bonds. The number of aryl methyl sites for hydroxylation is 2. The summed E-state index contributed by atoms with van der Waals surface area (Å²) in [6.45, 7) is 2.92. The Kier molecular flexibility index (Phi) is 4.66. The highest BCUT2D eigenvalue weighted by Crippen LogP contribution is 2.26. The number of nitrogens with zero attached hydrogens (tertiary/aromatic N) is 6. The van der Waals surface area contributed by atoms with Gasteiger partial charge in [-0.1, -0.05) is 30.3 Å². The van der Waals surface area contributed by atoms with Crippen LogP contribution in [0.1, 0.15) is 12.5 Å². The minimum atomic E-state index is -0.401. The van der Waals surface area contributed by atoms with E-state index < -0.39 is 5.69 Å². The Balaban J connectivity index is 1.61. The summed E-state index contributed by atoms with van der Waals surface area (Å²) in [6.07, 6.45) is 0. The zero-order valence-corrected chi connectivity index (χ0v) is 18.0. The van der Waals surface area contributed by atoms with Crippen LogP contribution in [0, 0.1) is 0 Å². The first-order valence-electron chi connectivity index (χ1n) is 10.3. The third kappa shape index (κ3) is 2.93. The SMILES string of the molecule is CCn1c2c(=O)n(C)c(=O)n(C)c2n2c(-c3ccc(OCc4ccccc4)cc3)nnc12. The third-order valence-electron chi connectivity index (χ3n) is 5.66. The molecule has 5 aromatic rings. The molecule has 0 fully saturated rings. The van der Waals surface area contributed by atoms with Gasteiger partial charge in [-0.2, -0.15) is 0 Å². The second kappa shape index (κ2) is 7.52. The molecule has 5 rings (SSSR count). The highest BCUT2D eigenvalue weighted by Gasteiger charge is 2.23. The van der Waals surface area contributed by atoms with E-state index in [-0.39, 0.29) is 5.56 Å². The van der Waals surface area contributed by atoms with E-state index in [1.165, 1.54) is 11.6 Å². The van der Waals surface area contributed by atoms with Crippen LogP contribution in [0.3, 0.4) is 0 Å². The Labute approximate surface area is 182 Å². The van der Waals surface area contributed by atoms with Crippen LogP contribution in [0.5, 0.6) is 5.75 Å². The van der Waals surface area contributed by atoms with Crippen molar-refractivity contribution in [2.24, 2.45) is 14.1 Å². The molecule has 0 saturated carbocycles. The second-order valence-electron chi connectivity index (χ2n) is 7.58. The first-order chi connectivity index (χ1) is 15.5. The van der Waals surface area contributed by atoms with E-state index in [0.29, 0.717) is 35.9 Å². The number of imidazole rings is 1. The van der Waals surface area contributed by atoms with Crippen LogP contribution in [0.15, 0.2) is 64.2 Å². The van der Waals surface area contributed by atoms with Crippen LogP contribution in [-0.4, -0.2) is 28.3 Å². The largest absolute Gasteiger partial charge is 0.489 e. The molecule has 9 nitrogen and oxygen atoms in total. The molecule has 0 radical (unpaired) electrons. The van der Waals surface area contributed by atoms with Crippen molar-refractivity contribution in [1.82, 2.24) is 28.3 Å².